The van der Waals surface area contributed by atoms with Crippen molar-refractivity contribution in [2.75, 3.05) is 7.11 Å². The van der Waals surface area contributed by atoms with Crippen molar-refractivity contribution >= 4 is 11.9 Å². The maximum Gasteiger partial charge on any atom is 0.189 e. The van der Waals surface area contributed by atoms with Crippen molar-refractivity contribution in [1.29, 1.82) is 0 Å². The van der Waals surface area contributed by atoms with E-state index in [1.54, 1.807) is 31.4 Å². The molecule has 1 N–H and O–H groups in total. The second kappa shape index (κ2) is 13.9. The zero-order chi connectivity index (χ0) is 28.3. The second-order valence-electron chi connectivity index (χ2n) is 9.57. The molecule has 5 nitrogen and oxygen atoms in total. The minimum Gasteiger partial charge on any atom is -0.507 e. The molecule has 0 aliphatic carbocycles. The Balaban J connectivity index is 1.52. The fraction of sp³-hybridized carbons (Fsp3) is 0.171. The molecule has 4 rings (SSSR count). The van der Waals surface area contributed by atoms with Crippen LogP contribution in [0.15, 0.2) is 109 Å². The summed E-state index contributed by atoms with van der Waals surface area (Å²) < 4.78 is 17.5. The number of allylic oxidation sites excluding steroid dienone is 3. The normalized spacial score (nSPS) is 10.8. The van der Waals surface area contributed by atoms with Crippen molar-refractivity contribution in [3.8, 4) is 23.0 Å². The molecular formula is C35H34O5. The van der Waals surface area contributed by atoms with Crippen molar-refractivity contribution in [3.05, 3.63) is 137 Å². The lowest BCUT2D eigenvalue weighted by Crippen LogP contribution is -2.03. The molecule has 0 atom stereocenters. The first kappa shape index (κ1) is 28.2. The van der Waals surface area contributed by atoms with Gasteiger partial charge in [0.25, 0.3) is 0 Å². The van der Waals surface area contributed by atoms with Gasteiger partial charge in [-0.15, -0.1) is 0 Å². The lowest BCUT2D eigenvalue weighted by molar-refractivity contribution is 0.104. The smallest absolute Gasteiger partial charge is 0.189 e. The Morgan fingerprint density at radius 3 is 2.08 bits per heavy atom. The number of aromatic hydroxyl groups is 1. The van der Waals surface area contributed by atoms with Crippen LogP contribution in [0.1, 0.15) is 46.5 Å². The molecule has 0 aromatic heterocycles. The first-order valence-corrected chi connectivity index (χ1v) is 13.2. The van der Waals surface area contributed by atoms with Crippen LogP contribution in [0.5, 0.6) is 23.0 Å². The minimum atomic E-state index is -0.322. The maximum absolute atomic E-state index is 13.2. The monoisotopic (exact) mass is 534 g/mol. The Bertz CT molecular complexity index is 1480. The van der Waals surface area contributed by atoms with E-state index in [9.17, 15) is 9.90 Å². The van der Waals surface area contributed by atoms with Gasteiger partial charge in [-0.2, -0.15) is 0 Å². The molecule has 0 unspecified atom stereocenters. The van der Waals surface area contributed by atoms with E-state index < -0.39 is 0 Å². The molecule has 0 saturated carbocycles. The SMILES string of the molecule is COc1cc(OCc2ccccc2)ccc1/C=C/C(=O)c1ccc(OCc2ccccc2)c(CC=C(C)C)c1O. The summed E-state index contributed by atoms with van der Waals surface area (Å²) in [6, 6.07) is 28.5. The van der Waals surface area contributed by atoms with Crippen LogP contribution in [0, 0.1) is 0 Å². The van der Waals surface area contributed by atoms with Gasteiger partial charge in [0.05, 0.1) is 12.7 Å². The molecule has 0 saturated heterocycles. The van der Waals surface area contributed by atoms with Gasteiger partial charge in [0.15, 0.2) is 5.78 Å². The summed E-state index contributed by atoms with van der Waals surface area (Å²) >= 11 is 0. The van der Waals surface area contributed by atoms with Gasteiger partial charge in [-0.05, 0) is 67.8 Å². The first-order chi connectivity index (χ1) is 19.4. The third-order valence-corrected chi connectivity index (χ3v) is 6.32. The number of carbonyl (C=O) groups is 1. The number of methoxy groups -OCH3 is 1. The summed E-state index contributed by atoms with van der Waals surface area (Å²) in [5.41, 5.74) is 4.69. The van der Waals surface area contributed by atoms with Crippen LogP contribution in [0.2, 0.25) is 0 Å². The average Bonchev–Trinajstić information content (AvgIpc) is 2.98. The van der Waals surface area contributed by atoms with Crippen LogP contribution in [0.4, 0.5) is 0 Å². The molecule has 0 fully saturated rings. The van der Waals surface area contributed by atoms with E-state index in [0.717, 1.165) is 22.3 Å². The van der Waals surface area contributed by atoms with Crippen molar-refractivity contribution < 1.29 is 24.1 Å². The number of carbonyl (C=O) groups excluding carboxylic acids is 1. The largest absolute Gasteiger partial charge is 0.507 e. The molecule has 5 heteroatoms. The number of ether oxygens (including phenoxy) is 3. The zero-order valence-electron chi connectivity index (χ0n) is 23.1. The van der Waals surface area contributed by atoms with Gasteiger partial charge in [-0.3, -0.25) is 4.79 Å². The summed E-state index contributed by atoms with van der Waals surface area (Å²) in [5, 5.41) is 11.1. The number of benzene rings is 4. The predicted octanol–water partition coefficient (Wildman–Crippen LogP) is 7.96. The number of phenolic OH excluding ortho intramolecular Hbond substituents is 1. The number of rotatable bonds is 12. The van der Waals surface area contributed by atoms with Crippen molar-refractivity contribution in [1.82, 2.24) is 0 Å². The Hall–Kier alpha value is -4.77. The number of phenols is 1. The summed E-state index contributed by atoms with van der Waals surface area (Å²) in [6.45, 7) is 4.78. The molecule has 0 heterocycles. The Labute approximate surface area is 236 Å². The van der Waals surface area contributed by atoms with Crippen LogP contribution in [0.3, 0.4) is 0 Å². The number of ketones is 1. The molecule has 0 amide bonds. The van der Waals surface area contributed by atoms with Gasteiger partial charge < -0.3 is 19.3 Å². The topological polar surface area (TPSA) is 65.0 Å². The molecule has 0 aliphatic rings. The van der Waals surface area contributed by atoms with Crippen LogP contribution < -0.4 is 14.2 Å². The maximum atomic E-state index is 13.2. The Morgan fingerprint density at radius 1 is 0.800 bits per heavy atom. The standard InChI is InChI=1S/C35H34O5/c1-25(2)14-18-31-33(40-24-27-12-8-5-9-13-27)21-19-30(35(31)37)32(36)20-16-28-15-17-29(22-34(28)38-3)39-23-26-10-6-4-7-11-26/h4-17,19-22,37H,18,23-24H2,1-3H3/b20-16+. The third kappa shape index (κ3) is 7.64. The van der Waals surface area contributed by atoms with E-state index >= 15 is 0 Å². The lowest BCUT2D eigenvalue weighted by atomic mass is 10.00. The van der Waals surface area contributed by atoms with E-state index in [0.29, 0.717) is 42.4 Å². The summed E-state index contributed by atoms with van der Waals surface area (Å²) in [7, 11) is 1.57. The van der Waals surface area contributed by atoms with Crippen molar-refractivity contribution in [3.63, 3.8) is 0 Å². The highest BCUT2D eigenvalue weighted by atomic mass is 16.5. The van der Waals surface area contributed by atoms with E-state index in [1.165, 1.54) is 6.08 Å². The van der Waals surface area contributed by atoms with E-state index in [-0.39, 0.29) is 17.1 Å². The fourth-order valence-electron chi connectivity index (χ4n) is 4.11. The van der Waals surface area contributed by atoms with Crippen molar-refractivity contribution in [2.24, 2.45) is 0 Å². The molecule has 4 aromatic rings. The molecule has 40 heavy (non-hydrogen) atoms. The minimum absolute atomic E-state index is 0.0747. The van der Waals surface area contributed by atoms with Crippen molar-refractivity contribution in [2.45, 2.75) is 33.5 Å². The van der Waals surface area contributed by atoms with Gasteiger partial charge in [-0.1, -0.05) is 72.3 Å². The first-order valence-electron chi connectivity index (χ1n) is 13.2. The number of hydrogen-bond acceptors (Lipinski definition) is 5. The van der Waals surface area contributed by atoms with E-state index in [2.05, 4.69) is 0 Å². The molecule has 0 bridgehead atoms. The van der Waals surface area contributed by atoms with Gasteiger partial charge >= 0.3 is 0 Å². The molecular weight excluding hydrogens is 500 g/mol. The van der Waals surface area contributed by atoms with Gasteiger partial charge in [0.1, 0.15) is 36.2 Å². The van der Waals surface area contributed by atoms with Gasteiger partial charge in [0.2, 0.25) is 0 Å². The van der Waals surface area contributed by atoms with Crippen LogP contribution >= 0.6 is 0 Å². The molecule has 4 aromatic carbocycles. The lowest BCUT2D eigenvalue weighted by Gasteiger charge is -2.14. The summed E-state index contributed by atoms with van der Waals surface area (Å²) in [4.78, 5) is 13.2. The summed E-state index contributed by atoms with van der Waals surface area (Å²) in [6.07, 6.45) is 5.56. The Kier molecular flexibility index (Phi) is 9.78. The molecule has 204 valence electrons. The highest BCUT2D eigenvalue weighted by Gasteiger charge is 2.17. The average molecular weight is 535 g/mol. The van der Waals surface area contributed by atoms with Crippen LogP contribution in [0.25, 0.3) is 6.08 Å². The quantitative estimate of drug-likeness (QED) is 0.113. The highest BCUT2D eigenvalue weighted by Crippen LogP contribution is 2.34. The second-order valence-corrected chi connectivity index (χ2v) is 9.57. The predicted molar refractivity (Wildman–Crippen MR) is 159 cm³/mol. The van der Waals surface area contributed by atoms with Crippen LogP contribution in [-0.2, 0) is 19.6 Å². The molecule has 0 aliphatic heterocycles. The van der Waals surface area contributed by atoms with Crippen LogP contribution in [-0.4, -0.2) is 18.0 Å². The number of hydrogen-bond donors (Lipinski definition) is 1. The van der Waals surface area contributed by atoms with Gasteiger partial charge in [0, 0.05) is 17.2 Å². The van der Waals surface area contributed by atoms with E-state index in [4.69, 9.17) is 14.2 Å². The molecule has 0 spiro atoms. The van der Waals surface area contributed by atoms with Gasteiger partial charge in [-0.25, -0.2) is 0 Å². The Morgan fingerprint density at radius 2 is 1.45 bits per heavy atom. The highest BCUT2D eigenvalue weighted by molar-refractivity contribution is 6.09. The molecule has 0 radical (unpaired) electrons. The van der Waals surface area contributed by atoms with E-state index in [1.807, 2.05) is 92.7 Å². The third-order valence-electron chi connectivity index (χ3n) is 6.32. The zero-order valence-corrected chi connectivity index (χ0v) is 23.1. The summed E-state index contributed by atoms with van der Waals surface area (Å²) in [5.74, 6) is 1.39. The fourth-order valence-corrected chi connectivity index (χ4v) is 4.11.